The lowest BCUT2D eigenvalue weighted by Gasteiger charge is -2.24. The van der Waals surface area contributed by atoms with Crippen LogP contribution < -0.4 is 0 Å². The Morgan fingerprint density at radius 2 is 2.10 bits per heavy atom. The van der Waals surface area contributed by atoms with Gasteiger partial charge in [-0.25, -0.2) is 0 Å². The van der Waals surface area contributed by atoms with Crippen LogP contribution in [0, 0.1) is 0 Å². The Labute approximate surface area is 131 Å². The van der Waals surface area contributed by atoms with Gasteiger partial charge in [-0.05, 0) is 22.6 Å². The zero-order valence-corrected chi connectivity index (χ0v) is 13.7. The van der Waals surface area contributed by atoms with Crippen molar-refractivity contribution in [3.63, 3.8) is 0 Å². The van der Waals surface area contributed by atoms with Crippen molar-refractivity contribution in [2.75, 3.05) is 11.9 Å². The van der Waals surface area contributed by atoms with E-state index < -0.39 is 0 Å². The van der Waals surface area contributed by atoms with E-state index in [0.29, 0.717) is 6.61 Å². The number of oxime groups is 1. The highest BCUT2D eigenvalue weighted by atomic mass is 79.9. The summed E-state index contributed by atoms with van der Waals surface area (Å²) in [5, 5.41) is 7.29. The van der Waals surface area contributed by atoms with E-state index in [1.54, 1.807) is 11.3 Å². The summed E-state index contributed by atoms with van der Waals surface area (Å²) in [4.78, 5) is 6.64. The Hall–Kier alpha value is -1.13. The fourth-order valence-corrected chi connectivity index (χ4v) is 3.92. The minimum absolute atomic E-state index is 0.00713. The molecule has 2 nitrogen and oxygen atoms in total. The molecule has 0 fully saturated rings. The number of hydrogen-bond acceptors (Lipinski definition) is 3. The van der Waals surface area contributed by atoms with Crippen LogP contribution in [-0.4, -0.2) is 17.6 Å². The van der Waals surface area contributed by atoms with Crippen LogP contribution in [0.2, 0.25) is 0 Å². The van der Waals surface area contributed by atoms with Gasteiger partial charge in [0.1, 0.15) is 6.61 Å². The summed E-state index contributed by atoms with van der Waals surface area (Å²) in [5.74, 6) is 0. The number of hydrogen-bond donors (Lipinski definition) is 0. The van der Waals surface area contributed by atoms with E-state index in [-0.39, 0.29) is 5.41 Å². The average Bonchev–Trinajstić information content (AvgIpc) is 3.05. The largest absolute Gasteiger partial charge is 0.395 e. The fourth-order valence-electron chi connectivity index (χ4n) is 2.77. The Bertz CT molecular complexity index is 622. The molecule has 1 aliphatic carbocycles. The van der Waals surface area contributed by atoms with Gasteiger partial charge in [0.05, 0.1) is 10.6 Å². The molecule has 1 unspecified atom stereocenters. The summed E-state index contributed by atoms with van der Waals surface area (Å²) in [6.45, 7) is 2.90. The molecule has 0 radical (unpaired) electrons. The molecular weight excluding hydrogens is 334 g/mol. The molecule has 1 aromatic heterocycles. The van der Waals surface area contributed by atoms with Crippen LogP contribution in [0.5, 0.6) is 0 Å². The highest BCUT2D eigenvalue weighted by Crippen LogP contribution is 2.46. The summed E-state index contributed by atoms with van der Waals surface area (Å²) in [6.07, 6.45) is 0.904. The van der Waals surface area contributed by atoms with Gasteiger partial charge in [0.25, 0.3) is 0 Å². The van der Waals surface area contributed by atoms with Gasteiger partial charge in [-0.15, -0.1) is 11.3 Å². The highest BCUT2D eigenvalue weighted by molar-refractivity contribution is 9.09. The summed E-state index contributed by atoms with van der Waals surface area (Å²) < 4.78 is 0. The summed E-state index contributed by atoms with van der Waals surface area (Å²) in [6, 6.07) is 12.9. The maximum absolute atomic E-state index is 5.37. The maximum atomic E-state index is 5.37. The Kier molecular flexibility index (Phi) is 3.94. The van der Waals surface area contributed by atoms with Crippen molar-refractivity contribution in [1.29, 1.82) is 0 Å². The Morgan fingerprint density at radius 1 is 1.30 bits per heavy atom. The molecule has 0 aliphatic heterocycles. The molecular formula is C16H16BrNOS. The van der Waals surface area contributed by atoms with Crippen molar-refractivity contribution in [2.45, 2.75) is 18.8 Å². The molecule has 0 saturated heterocycles. The van der Waals surface area contributed by atoms with Crippen molar-refractivity contribution < 1.29 is 4.84 Å². The minimum atomic E-state index is 0.00713. The Balaban J connectivity index is 1.99. The van der Waals surface area contributed by atoms with E-state index in [1.165, 1.54) is 16.0 Å². The summed E-state index contributed by atoms with van der Waals surface area (Å²) >= 11 is 5.10. The van der Waals surface area contributed by atoms with Crippen molar-refractivity contribution in [1.82, 2.24) is 0 Å². The molecule has 1 aliphatic rings. The fraction of sp³-hybridized carbons (Fsp3) is 0.312. The number of nitrogens with zero attached hydrogens (tertiary/aromatic N) is 1. The van der Waals surface area contributed by atoms with Crippen LogP contribution in [0.1, 0.15) is 29.3 Å². The predicted molar refractivity (Wildman–Crippen MR) is 88.1 cm³/mol. The van der Waals surface area contributed by atoms with E-state index in [4.69, 9.17) is 4.84 Å². The standard InChI is InChI=1S/C16H16BrNOS/c1-16(12-5-3-2-4-6-12)11-14(18-19-9-8-17)15-13(16)7-10-20-15/h2-7,10H,8-9,11H2,1H3. The first kappa shape index (κ1) is 13.8. The predicted octanol–water partition coefficient (Wildman–Crippen LogP) is 4.57. The third kappa shape index (κ3) is 2.31. The molecule has 0 N–H and O–H groups in total. The zero-order valence-electron chi connectivity index (χ0n) is 11.3. The van der Waals surface area contributed by atoms with Crippen molar-refractivity contribution >= 4 is 33.0 Å². The summed E-state index contributed by atoms with van der Waals surface area (Å²) in [5.41, 5.74) is 3.79. The molecule has 0 amide bonds. The quantitative estimate of drug-likeness (QED) is 0.450. The lowest BCUT2D eigenvalue weighted by Crippen LogP contribution is -2.20. The van der Waals surface area contributed by atoms with Crippen LogP contribution >= 0.6 is 27.3 Å². The van der Waals surface area contributed by atoms with E-state index in [9.17, 15) is 0 Å². The first-order valence-corrected chi connectivity index (χ1v) is 8.64. The van der Waals surface area contributed by atoms with Crippen LogP contribution in [0.15, 0.2) is 46.9 Å². The van der Waals surface area contributed by atoms with Gasteiger partial charge < -0.3 is 4.84 Å². The molecule has 0 bridgehead atoms. The normalized spacial score (nSPS) is 23.0. The maximum Gasteiger partial charge on any atom is 0.126 e. The second-order valence-electron chi connectivity index (χ2n) is 5.10. The van der Waals surface area contributed by atoms with E-state index in [1.807, 2.05) is 0 Å². The first-order valence-electron chi connectivity index (χ1n) is 6.64. The average molecular weight is 350 g/mol. The second kappa shape index (κ2) is 5.70. The first-order chi connectivity index (χ1) is 9.75. The number of benzene rings is 1. The third-order valence-corrected chi connectivity index (χ3v) is 5.08. The van der Waals surface area contributed by atoms with Gasteiger partial charge in [-0.3, -0.25) is 0 Å². The van der Waals surface area contributed by atoms with Crippen LogP contribution in [0.3, 0.4) is 0 Å². The van der Waals surface area contributed by atoms with Crippen molar-refractivity contribution in [3.8, 4) is 0 Å². The summed E-state index contributed by atoms with van der Waals surface area (Å²) in [7, 11) is 0. The topological polar surface area (TPSA) is 21.6 Å². The van der Waals surface area contributed by atoms with Gasteiger partial charge in [0.2, 0.25) is 0 Å². The van der Waals surface area contributed by atoms with Gasteiger partial charge in [-0.1, -0.05) is 58.3 Å². The molecule has 4 heteroatoms. The number of halogens is 1. The SMILES string of the molecule is CC1(c2ccccc2)CC(=NOCCBr)c2sccc21. The zero-order chi connectivity index (χ0) is 14.0. The second-order valence-corrected chi connectivity index (χ2v) is 6.81. The molecule has 0 saturated carbocycles. The van der Waals surface area contributed by atoms with E-state index >= 15 is 0 Å². The van der Waals surface area contributed by atoms with Crippen molar-refractivity contribution in [3.05, 3.63) is 57.8 Å². The van der Waals surface area contributed by atoms with Gasteiger partial charge in [0.15, 0.2) is 0 Å². The number of alkyl halides is 1. The highest BCUT2D eigenvalue weighted by Gasteiger charge is 2.40. The lowest BCUT2D eigenvalue weighted by atomic mass is 9.78. The van der Waals surface area contributed by atoms with Gasteiger partial charge >= 0.3 is 0 Å². The van der Waals surface area contributed by atoms with Gasteiger partial charge in [-0.2, -0.15) is 0 Å². The molecule has 104 valence electrons. The van der Waals surface area contributed by atoms with Crippen LogP contribution in [0.25, 0.3) is 0 Å². The monoisotopic (exact) mass is 349 g/mol. The van der Waals surface area contributed by atoms with E-state index in [2.05, 4.69) is 69.8 Å². The molecule has 1 aromatic carbocycles. The Morgan fingerprint density at radius 3 is 2.85 bits per heavy atom. The molecule has 3 rings (SSSR count). The lowest BCUT2D eigenvalue weighted by molar-refractivity contribution is 0.161. The molecule has 1 atom stereocenters. The molecule has 1 heterocycles. The number of rotatable bonds is 4. The number of thiophene rings is 1. The number of fused-ring (bicyclic) bond motifs is 1. The smallest absolute Gasteiger partial charge is 0.126 e. The van der Waals surface area contributed by atoms with Crippen LogP contribution in [0.4, 0.5) is 0 Å². The van der Waals surface area contributed by atoms with E-state index in [0.717, 1.165) is 17.5 Å². The molecule has 0 spiro atoms. The van der Waals surface area contributed by atoms with Crippen LogP contribution in [-0.2, 0) is 10.3 Å². The van der Waals surface area contributed by atoms with Gasteiger partial charge in [0, 0.05) is 17.2 Å². The molecule has 2 aromatic rings. The minimum Gasteiger partial charge on any atom is -0.395 e. The molecule has 20 heavy (non-hydrogen) atoms. The van der Waals surface area contributed by atoms with Crippen molar-refractivity contribution in [2.24, 2.45) is 5.16 Å². The third-order valence-electron chi connectivity index (χ3n) is 3.80.